The third-order valence-electron chi connectivity index (χ3n) is 4.82. The normalized spacial score (nSPS) is 22.2. The second-order valence-electron chi connectivity index (χ2n) is 6.49. The minimum Gasteiger partial charge on any atom is -0.454 e. The van der Waals surface area contributed by atoms with E-state index in [1.165, 1.54) is 0 Å². The zero-order valence-electron chi connectivity index (χ0n) is 13.1. The van der Waals surface area contributed by atoms with Gasteiger partial charge in [-0.2, -0.15) is 4.98 Å². The predicted molar refractivity (Wildman–Crippen MR) is 81.8 cm³/mol. The van der Waals surface area contributed by atoms with Crippen molar-refractivity contribution in [3.63, 3.8) is 0 Å². The number of aromatic nitrogens is 2. The maximum atomic E-state index is 12.9. The lowest BCUT2D eigenvalue weighted by molar-refractivity contribution is 0.0728. The first-order valence-electron chi connectivity index (χ1n) is 8.34. The van der Waals surface area contributed by atoms with Crippen LogP contribution in [0.3, 0.4) is 0 Å². The number of carbonyl (C=O) groups is 1. The Hall–Kier alpha value is -2.57. The molecule has 2 aromatic rings. The predicted octanol–water partition coefficient (Wildman–Crippen LogP) is 2.65. The number of benzene rings is 1. The summed E-state index contributed by atoms with van der Waals surface area (Å²) in [5.41, 5.74) is 0.595. The third kappa shape index (κ3) is 2.23. The average Bonchev–Trinajstić information content (AvgIpc) is 3.06. The summed E-state index contributed by atoms with van der Waals surface area (Å²) in [6.07, 6.45) is 4.03. The van der Waals surface area contributed by atoms with E-state index >= 15 is 0 Å². The second-order valence-corrected chi connectivity index (χ2v) is 6.49. The van der Waals surface area contributed by atoms with Crippen LogP contribution in [0.25, 0.3) is 0 Å². The number of amides is 1. The number of hydrogen-bond acceptors (Lipinski definition) is 6. The van der Waals surface area contributed by atoms with Crippen molar-refractivity contribution in [2.24, 2.45) is 0 Å². The molecule has 5 rings (SSSR count). The van der Waals surface area contributed by atoms with Gasteiger partial charge in [0, 0.05) is 18.0 Å². The largest absolute Gasteiger partial charge is 0.454 e. The lowest BCUT2D eigenvalue weighted by atomic mass is 10.1. The fourth-order valence-corrected chi connectivity index (χ4v) is 3.35. The fourth-order valence-electron chi connectivity index (χ4n) is 3.35. The molecule has 0 bridgehead atoms. The SMILES string of the molecule is O=C(c1ccc2c(c1)OCO2)N1CCC[C@@H]1c1noc(C2CC2)n1. The Morgan fingerprint density at radius 2 is 2.04 bits per heavy atom. The summed E-state index contributed by atoms with van der Waals surface area (Å²) in [7, 11) is 0. The number of fused-ring (bicyclic) bond motifs is 1. The van der Waals surface area contributed by atoms with Crippen LogP contribution in [-0.4, -0.2) is 34.3 Å². The lowest BCUT2D eigenvalue weighted by Crippen LogP contribution is -2.31. The average molecular weight is 327 g/mol. The molecule has 0 N–H and O–H groups in total. The third-order valence-corrected chi connectivity index (χ3v) is 4.82. The molecule has 1 saturated carbocycles. The van der Waals surface area contributed by atoms with Gasteiger partial charge in [0.15, 0.2) is 17.3 Å². The molecule has 7 heteroatoms. The molecule has 1 aliphatic carbocycles. The van der Waals surface area contributed by atoms with E-state index in [2.05, 4.69) is 10.1 Å². The number of likely N-dealkylation sites (tertiary alicyclic amines) is 1. The van der Waals surface area contributed by atoms with Gasteiger partial charge >= 0.3 is 0 Å². The summed E-state index contributed by atoms with van der Waals surface area (Å²) in [6.45, 7) is 0.900. The number of ether oxygens (including phenoxy) is 2. The molecule has 124 valence electrons. The zero-order chi connectivity index (χ0) is 16.1. The van der Waals surface area contributed by atoms with Gasteiger partial charge in [-0.15, -0.1) is 0 Å². The van der Waals surface area contributed by atoms with Crippen LogP contribution in [0.2, 0.25) is 0 Å². The Labute approximate surface area is 138 Å². The second kappa shape index (κ2) is 5.22. The quantitative estimate of drug-likeness (QED) is 0.862. The van der Waals surface area contributed by atoms with Gasteiger partial charge in [0.1, 0.15) is 0 Å². The van der Waals surface area contributed by atoms with Crippen molar-refractivity contribution >= 4 is 5.91 Å². The van der Waals surface area contributed by atoms with E-state index in [0.717, 1.165) is 25.7 Å². The molecule has 0 radical (unpaired) electrons. The molecule has 1 aromatic heterocycles. The first-order valence-corrected chi connectivity index (χ1v) is 8.34. The summed E-state index contributed by atoms with van der Waals surface area (Å²) >= 11 is 0. The van der Waals surface area contributed by atoms with E-state index < -0.39 is 0 Å². The van der Waals surface area contributed by atoms with Gasteiger partial charge in [-0.25, -0.2) is 0 Å². The molecule has 1 amide bonds. The Balaban J connectivity index is 1.40. The summed E-state index contributed by atoms with van der Waals surface area (Å²) in [6, 6.07) is 5.18. The number of rotatable bonds is 3. The summed E-state index contributed by atoms with van der Waals surface area (Å²) in [5.74, 6) is 3.03. The molecular formula is C17H17N3O4. The molecule has 3 heterocycles. The molecule has 3 aliphatic rings. The maximum Gasteiger partial charge on any atom is 0.254 e. The van der Waals surface area contributed by atoms with E-state index in [0.29, 0.717) is 41.2 Å². The summed E-state index contributed by atoms with van der Waals surface area (Å²) < 4.78 is 16.0. The van der Waals surface area contributed by atoms with Crippen molar-refractivity contribution in [3.05, 3.63) is 35.5 Å². The van der Waals surface area contributed by atoms with Gasteiger partial charge < -0.3 is 18.9 Å². The van der Waals surface area contributed by atoms with Gasteiger partial charge in [0.05, 0.1) is 6.04 Å². The molecule has 1 aromatic carbocycles. The van der Waals surface area contributed by atoms with Crippen LogP contribution in [0, 0.1) is 0 Å². The van der Waals surface area contributed by atoms with E-state index in [9.17, 15) is 4.79 Å². The van der Waals surface area contributed by atoms with Crippen LogP contribution in [0.5, 0.6) is 11.5 Å². The smallest absolute Gasteiger partial charge is 0.254 e. The molecule has 1 saturated heterocycles. The van der Waals surface area contributed by atoms with Gasteiger partial charge in [0.25, 0.3) is 5.91 Å². The first-order chi connectivity index (χ1) is 11.8. The number of nitrogens with zero attached hydrogens (tertiary/aromatic N) is 3. The minimum atomic E-state index is -0.112. The number of hydrogen-bond donors (Lipinski definition) is 0. The van der Waals surface area contributed by atoms with E-state index in [-0.39, 0.29) is 18.7 Å². The first kappa shape index (κ1) is 13.8. The maximum absolute atomic E-state index is 12.9. The van der Waals surface area contributed by atoms with Gasteiger partial charge in [-0.05, 0) is 43.9 Å². The van der Waals surface area contributed by atoms with Crippen molar-refractivity contribution in [3.8, 4) is 11.5 Å². The molecule has 7 nitrogen and oxygen atoms in total. The van der Waals surface area contributed by atoms with Gasteiger partial charge in [-0.3, -0.25) is 4.79 Å². The molecule has 2 aliphatic heterocycles. The monoisotopic (exact) mass is 327 g/mol. The van der Waals surface area contributed by atoms with E-state index in [4.69, 9.17) is 14.0 Å². The highest BCUT2D eigenvalue weighted by Gasteiger charge is 2.36. The van der Waals surface area contributed by atoms with Crippen LogP contribution >= 0.6 is 0 Å². The van der Waals surface area contributed by atoms with Crippen molar-refractivity contribution in [2.45, 2.75) is 37.6 Å². The highest BCUT2D eigenvalue weighted by molar-refractivity contribution is 5.95. The molecular weight excluding hydrogens is 310 g/mol. The minimum absolute atomic E-state index is 0.0337. The summed E-state index contributed by atoms with van der Waals surface area (Å²) in [5, 5.41) is 4.12. The zero-order valence-corrected chi connectivity index (χ0v) is 13.1. The molecule has 0 unspecified atom stereocenters. The van der Waals surface area contributed by atoms with Gasteiger partial charge in [-0.1, -0.05) is 5.16 Å². The van der Waals surface area contributed by atoms with Crippen LogP contribution in [0.15, 0.2) is 22.7 Å². The fraction of sp³-hybridized carbons (Fsp3) is 0.471. The number of carbonyl (C=O) groups excluding carboxylic acids is 1. The van der Waals surface area contributed by atoms with Crippen LogP contribution in [0.1, 0.15) is 59.7 Å². The van der Waals surface area contributed by atoms with Crippen molar-refractivity contribution in [1.29, 1.82) is 0 Å². The molecule has 1 atom stereocenters. The standard InChI is InChI=1S/C17H17N3O4/c21-17(11-5-6-13-14(8-11)23-9-22-13)20-7-1-2-12(20)15-18-16(24-19-15)10-3-4-10/h5-6,8,10,12H,1-4,7,9H2/t12-/m1/s1. The summed E-state index contributed by atoms with van der Waals surface area (Å²) in [4.78, 5) is 19.3. The van der Waals surface area contributed by atoms with Gasteiger partial charge in [0.2, 0.25) is 12.7 Å². The Kier molecular flexibility index (Phi) is 3.01. The van der Waals surface area contributed by atoms with Crippen molar-refractivity contribution < 1.29 is 18.8 Å². The highest BCUT2D eigenvalue weighted by atomic mass is 16.7. The van der Waals surface area contributed by atoms with E-state index in [1.54, 1.807) is 18.2 Å². The van der Waals surface area contributed by atoms with Crippen LogP contribution in [-0.2, 0) is 0 Å². The van der Waals surface area contributed by atoms with Crippen LogP contribution < -0.4 is 9.47 Å². The Morgan fingerprint density at radius 3 is 2.92 bits per heavy atom. The Bertz CT molecular complexity index is 799. The van der Waals surface area contributed by atoms with Crippen molar-refractivity contribution in [1.82, 2.24) is 15.0 Å². The Morgan fingerprint density at radius 1 is 1.17 bits per heavy atom. The molecule has 0 spiro atoms. The highest BCUT2D eigenvalue weighted by Crippen LogP contribution is 2.40. The molecule has 2 fully saturated rings. The topological polar surface area (TPSA) is 77.7 Å². The molecule has 24 heavy (non-hydrogen) atoms. The lowest BCUT2D eigenvalue weighted by Gasteiger charge is -2.22. The van der Waals surface area contributed by atoms with Crippen LogP contribution in [0.4, 0.5) is 0 Å². The van der Waals surface area contributed by atoms with Crippen molar-refractivity contribution in [2.75, 3.05) is 13.3 Å². The van der Waals surface area contributed by atoms with E-state index in [1.807, 2.05) is 4.90 Å².